The molecule has 3 aromatic carbocycles. The Balaban J connectivity index is 1.46. The maximum absolute atomic E-state index is 13.1. The number of carbonyl (C=O) groups excluding carboxylic acids is 1. The van der Waals surface area contributed by atoms with E-state index in [2.05, 4.69) is 51.5 Å². The molecule has 0 radical (unpaired) electrons. The molecule has 4 heteroatoms. The highest BCUT2D eigenvalue weighted by molar-refractivity contribution is 5.98. The number of hydrogen-bond donors (Lipinski definition) is 1. The van der Waals surface area contributed by atoms with Gasteiger partial charge in [-0.25, -0.2) is 0 Å². The lowest BCUT2D eigenvalue weighted by Crippen LogP contribution is -2.39. The lowest BCUT2D eigenvalue weighted by Gasteiger charge is -2.27. The molecule has 0 saturated carbocycles. The Hall–Kier alpha value is -3.11. The first-order chi connectivity index (χ1) is 15.1. The number of benzene rings is 3. The Morgan fingerprint density at radius 1 is 0.935 bits per heavy atom. The molecule has 1 atom stereocenters. The molecule has 4 nitrogen and oxygen atoms in total. The maximum atomic E-state index is 13.1. The largest absolute Gasteiger partial charge is 0.371 e. The zero-order chi connectivity index (χ0) is 21.6. The van der Waals surface area contributed by atoms with E-state index in [9.17, 15) is 4.79 Å². The van der Waals surface area contributed by atoms with Crippen LogP contribution in [-0.2, 0) is 11.3 Å². The molecule has 160 valence electrons. The number of likely N-dealkylation sites (N-methyl/N-ethyl adjacent to an activating group) is 1. The molecular formula is C27H31N3O. The fourth-order valence-corrected chi connectivity index (χ4v) is 4.22. The molecule has 1 saturated heterocycles. The number of amides is 1. The quantitative estimate of drug-likeness (QED) is 0.562. The van der Waals surface area contributed by atoms with Gasteiger partial charge in [-0.2, -0.15) is 0 Å². The number of nitrogens with zero attached hydrogens (tertiary/aromatic N) is 2. The lowest BCUT2D eigenvalue weighted by atomic mass is 10.0. The average Bonchev–Trinajstić information content (AvgIpc) is 3.34. The van der Waals surface area contributed by atoms with Crippen molar-refractivity contribution in [3.8, 4) is 11.1 Å². The van der Waals surface area contributed by atoms with Crippen LogP contribution < -0.4 is 10.2 Å². The molecule has 0 aliphatic carbocycles. The van der Waals surface area contributed by atoms with Gasteiger partial charge in [0.25, 0.3) is 0 Å². The lowest BCUT2D eigenvalue weighted by molar-refractivity contribution is -0.120. The fourth-order valence-electron chi connectivity index (χ4n) is 4.22. The number of rotatable bonds is 7. The third kappa shape index (κ3) is 4.97. The summed E-state index contributed by atoms with van der Waals surface area (Å²) in [7, 11) is 2.02. The predicted molar refractivity (Wildman–Crippen MR) is 129 cm³/mol. The average molecular weight is 414 g/mol. The van der Waals surface area contributed by atoms with Gasteiger partial charge in [0, 0.05) is 36.6 Å². The summed E-state index contributed by atoms with van der Waals surface area (Å²) in [6.45, 7) is 4.95. The monoisotopic (exact) mass is 413 g/mol. The molecule has 1 unspecified atom stereocenters. The normalized spacial score (nSPS) is 14.6. The van der Waals surface area contributed by atoms with Crippen LogP contribution >= 0.6 is 0 Å². The fraction of sp³-hybridized carbons (Fsp3) is 0.296. The van der Waals surface area contributed by atoms with Gasteiger partial charge in [0.2, 0.25) is 5.91 Å². The summed E-state index contributed by atoms with van der Waals surface area (Å²) in [4.78, 5) is 17.7. The van der Waals surface area contributed by atoms with Crippen LogP contribution in [0.25, 0.3) is 11.1 Å². The molecule has 1 fully saturated rings. The van der Waals surface area contributed by atoms with E-state index in [4.69, 9.17) is 0 Å². The Morgan fingerprint density at radius 3 is 2.35 bits per heavy atom. The van der Waals surface area contributed by atoms with E-state index in [-0.39, 0.29) is 11.9 Å². The van der Waals surface area contributed by atoms with Crippen molar-refractivity contribution < 1.29 is 4.79 Å². The standard InChI is InChI=1S/C27H31N3O/c1-21(29(2)20-23-14-6-9-17-26(23)30-18-10-11-19-30)27(31)28-25-16-8-7-15-24(25)22-12-4-3-5-13-22/h3-9,12-17,21H,10-11,18-20H2,1-2H3,(H,28,31). The van der Waals surface area contributed by atoms with Gasteiger partial charge in [-0.15, -0.1) is 0 Å². The Kier molecular flexibility index (Phi) is 6.68. The van der Waals surface area contributed by atoms with Crippen molar-refractivity contribution in [3.05, 3.63) is 84.4 Å². The molecule has 0 spiro atoms. The predicted octanol–water partition coefficient (Wildman–Crippen LogP) is 5.41. The number of anilines is 2. The number of hydrogen-bond acceptors (Lipinski definition) is 3. The van der Waals surface area contributed by atoms with Crippen LogP contribution in [0.1, 0.15) is 25.3 Å². The van der Waals surface area contributed by atoms with Crippen molar-refractivity contribution in [2.75, 3.05) is 30.4 Å². The molecule has 0 aromatic heterocycles. The highest BCUT2D eigenvalue weighted by Crippen LogP contribution is 2.28. The van der Waals surface area contributed by atoms with E-state index >= 15 is 0 Å². The van der Waals surface area contributed by atoms with Crippen molar-refractivity contribution >= 4 is 17.3 Å². The molecule has 0 bridgehead atoms. The van der Waals surface area contributed by atoms with Gasteiger partial charge in [-0.05, 0) is 50.1 Å². The molecule has 1 aliphatic rings. The minimum Gasteiger partial charge on any atom is -0.371 e. The third-order valence-corrected chi connectivity index (χ3v) is 6.17. The van der Waals surface area contributed by atoms with E-state index < -0.39 is 0 Å². The number of nitrogens with one attached hydrogen (secondary N) is 1. The van der Waals surface area contributed by atoms with E-state index in [0.29, 0.717) is 0 Å². The smallest absolute Gasteiger partial charge is 0.241 e. The third-order valence-electron chi connectivity index (χ3n) is 6.17. The second-order valence-corrected chi connectivity index (χ2v) is 8.31. The summed E-state index contributed by atoms with van der Waals surface area (Å²) in [5, 5.41) is 3.15. The van der Waals surface area contributed by atoms with E-state index in [1.165, 1.54) is 24.1 Å². The van der Waals surface area contributed by atoms with Crippen molar-refractivity contribution in [2.45, 2.75) is 32.4 Å². The molecule has 31 heavy (non-hydrogen) atoms. The summed E-state index contributed by atoms with van der Waals surface area (Å²) < 4.78 is 0. The second kappa shape index (κ2) is 9.80. The van der Waals surface area contributed by atoms with Gasteiger partial charge < -0.3 is 10.2 Å². The molecule has 1 aliphatic heterocycles. The summed E-state index contributed by atoms with van der Waals surface area (Å²) >= 11 is 0. The van der Waals surface area contributed by atoms with E-state index in [1.54, 1.807) is 0 Å². The van der Waals surface area contributed by atoms with Crippen molar-refractivity contribution in [2.24, 2.45) is 0 Å². The summed E-state index contributed by atoms with van der Waals surface area (Å²) in [5.41, 5.74) is 5.55. The van der Waals surface area contributed by atoms with Crippen LogP contribution in [0, 0.1) is 0 Å². The van der Waals surface area contributed by atoms with Crippen LogP contribution in [0.5, 0.6) is 0 Å². The molecule has 1 N–H and O–H groups in total. The topological polar surface area (TPSA) is 35.6 Å². The van der Waals surface area contributed by atoms with Crippen molar-refractivity contribution in [1.29, 1.82) is 0 Å². The van der Waals surface area contributed by atoms with Gasteiger partial charge in [-0.3, -0.25) is 9.69 Å². The number of carbonyl (C=O) groups is 1. The SMILES string of the molecule is CC(C(=O)Nc1ccccc1-c1ccccc1)N(C)Cc1ccccc1N1CCCC1. The highest BCUT2D eigenvalue weighted by atomic mass is 16.2. The van der Waals surface area contributed by atoms with Crippen LogP contribution in [0.15, 0.2) is 78.9 Å². The first kappa shape index (κ1) is 21.1. The van der Waals surface area contributed by atoms with Gasteiger partial charge in [0.05, 0.1) is 6.04 Å². The van der Waals surface area contributed by atoms with Gasteiger partial charge in [0.15, 0.2) is 0 Å². The van der Waals surface area contributed by atoms with Crippen LogP contribution in [-0.4, -0.2) is 37.0 Å². The van der Waals surface area contributed by atoms with Crippen molar-refractivity contribution in [3.63, 3.8) is 0 Å². The van der Waals surface area contributed by atoms with E-state index in [1.807, 2.05) is 56.4 Å². The molecule has 1 amide bonds. The zero-order valence-corrected chi connectivity index (χ0v) is 18.4. The van der Waals surface area contributed by atoms with Crippen molar-refractivity contribution in [1.82, 2.24) is 4.90 Å². The Morgan fingerprint density at radius 2 is 1.58 bits per heavy atom. The highest BCUT2D eigenvalue weighted by Gasteiger charge is 2.22. The zero-order valence-electron chi connectivity index (χ0n) is 18.4. The summed E-state index contributed by atoms with van der Waals surface area (Å²) in [5.74, 6) is 0.00420. The second-order valence-electron chi connectivity index (χ2n) is 8.31. The van der Waals surface area contributed by atoms with Crippen LogP contribution in [0.3, 0.4) is 0 Å². The van der Waals surface area contributed by atoms with E-state index in [0.717, 1.165) is 36.4 Å². The molecule has 3 aromatic rings. The first-order valence-corrected chi connectivity index (χ1v) is 11.1. The molecule has 4 rings (SSSR count). The van der Waals surface area contributed by atoms with Gasteiger partial charge >= 0.3 is 0 Å². The maximum Gasteiger partial charge on any atom is 0.241 e. The van der Waals surface area contributed by atoms with Crippen LogP contribution in [0.2, 0.25) is 0 Å². The molecular weight excluding hydrogens is 382 g/mol. The first-order valence-electron chi connectivity index (χ1n) is 11.1. The Labute approximate surface area is 185 Å². The number of para-hydroxylation sites is 2. The Bertz CT molecular complexity index is 1010. The minimum absolute atomic E-state index is 0.00420. The van der Waals surface area contributed by atoms with Gasteiger partial charge in [0.1, 0.15) is 0 Å². The van der Waals surface area contributed by atoms with Gasteiger partial charge in [-0.1, -0.05) is 66.7 Å². The minimum atomic E-state index is -0.254. The van der Waals surface area contributed by atoms with Crippen LogP contribution in [0.4, 0.5) is 11.4 Å². The summed E-state index contributed by atoms with van der Waals surface area (Å²) in [6, 6.07) is 26.5. The summed E-state index contributed by atoms with van der Waals surface area (Å²) in [6.07, 6.45) is 2.51. The molecule has 1 heterocycles.